The van der Waals surface area contributed by atoms with Crippen molar-refractivity contribution in [2.75, 3.05) is 0 Å². The minimum atomic E-state index is -0.459. The highest BCUT2D eigenvalue weighted by Gasteiger charge is 2.27. The molecule has 1 aliphatic carbocycles. The van der Waals surface area contributed by atoms with Crippen molar-refractivity contribution in [1.29, 1.82) is 0 Å². The van der Waals surface area contributed by atoms with Gasteiger partial charge in [0.25, 0.3) is 0 Å². The molecule has 1 aliphatic heterocycles. The molecule has 0 bridgehead atoms. The zero-order valence-corrected chi connectivity index (χ0v) is 7.14. The van der Waals surface area contributed by atoms with E-state index < -0.39 is 5.69 Å². The summed E-state index contributed by atoms with van der Waals surface area (Å²) in [6.07, 6.45) is 7.73. The van der Waals surface area contributed by atoms with Gasteiger partial charge in [-0.05, 0) is 6.08 Å². The van der Waals surface area contributed by atoms with E-state index in [2.05, 4.69) is 20.2 Å². The summed E-state index contributed by atoms with van der Waals surface area (Å²) in [6.45, 7) is 0. The summed E-state index contributed by atoms with van der Waals surface area (Å²) in [7, 11) is 0. The molecule has 0 spiro atoms. The van der Waals surface area contributed by atoms with Crippen molar-refractivity contribution in [1.82, 2.24) is 15.2 Å². The average Bonchev–Trinajstić information content (AvgIpc) is 2.54. The number of nitrogens with one attached hydrogen (secondary N) is 1. The Morgan fingerprint density at radius 2 is 2.29 bits per heavy atom. The van der Waals surface area contributed by atoms with Gasteiger partial charge in [-0.25, -0.2) is 14.9 Å². The number of fused-ring (bicyclic) bond motifs is 3. The Hall–Kier alpha value is -2.04. The number of aromatic amines is 1. The highest BCUT2D eigenvalue weighted by molar-refractivity contribution is 6.06. The molecule has 0 radical (unpaired) electrons. The quantitative estimate of drug-likeness (QED) is 0.639. The zero-order chi connectivity index (χ0) is 9.54. The highest BCUT2D eigenvalue weighted by Crippen LogP contribution is 2.33. The fourth-order valence-corrected chi connectivity index (χ4v) is 1.62. The van der Waals surface area contributed by atoms with E-state index in [9.17, 15) is 4.79 Å². The molecule has 2 heterocycles. The van der Waals surface area contributed by atoms with Crippen LogP contribution in [0.25, 0.3) is 0 Å². The minimum Gasteiger partial charge on any atom is -0.244 e. The number of allylic oxidation sites excluding steroid dienone is 4. The summed E-state index contributed by atoms with van der Waals surface area (Å²) in [5.41, 5.74) is 1.15. The topological polar surface area (TPSA) is 71.0 Å². The number of aliphatic imine (C=N–C) groups is 1. The van der Waals surface area contributed by atoms with Crippen LogP contribution in [0.15, 0.2) is 34.1 Å². The summed E-state index contributed by atoms with van der Waals surface area (Å²) < 4.78 is 0. The summed E-state index contributed by atoms with van der Waals surface area (Å²) in [6, 6.07) is 0. The molecule has 0 amide bonds. The van der Waals surface area contributed by atoms with E-state index in [1.165, 1.54) is 0 Å². The first-order valence-electron chi connectivity index (χ1n) is 4.25. The second-order valence-corrected chi connectivity index (χ2v) is 3.11. The lowest BCUT2D eigenvalue weighted by Gasteiger charge is -2.06. The van der Waals surface area contributed by atoms with Crippen LogP contribution in [0, 0.1) is 0 Å². The van der Waals surface area contributed by atoms with Crippen LogP contribution in [0.5, 0.6) is 0 Å². The third-order valence-corrected chi connectivity index (χ3v) is 2.24. The number of rotatable bonds is 0. The summed E-state index contributed by atoms with van der Waals surface area (Å²) in [5, 5.41) is 6.26. The van der Waals surface area contributed by atoms with E-state index in [1.54, 1.807) is 0 Å². The summed E-state index contributed by atoms with van der Waals surface area (Å²) in [4.78, 5) is 18.9. The molecule has 1 unspecified atom stereocenters. The van der Waals surface area contributed by atoms with Gasteiger partial charge in [0.05, 0.1) is 11.6 Å². The Morgan fingerprint density at radius 1 is 1.36 bits per heavy atom. The van der Waals surface area contributed by atoms with Crippen molar-refractivity contribution in [3.63, 3.8) is 0 Å². The van der Waals surface area contributed by atoms with Gasteiger partial charge in [0.15, 0.2) is 5.82 Å². The largest absolute Gasteiger partial charge is 0.363 e. The van der Waals surface area contributed by atoms with E-state index in [-0.39, 0.29) is 5.92 Å². The number of hydrogen-bond donors (Lipinski definition) is 1. The minimum absolute atomic E-state index is 0.0550. The molecule has 1 aromatic rings. The molecule has 2 aliphatic rings. The van der Waals surface area contributed by atoms with Crippen LogP contribution in [0.4, 0.5) is 5.82 Å². The fourth-order valence-electron chi connectivity index (χ4n) is 1.62. The van der Waals surface area contributed by atoms with Crippen LogP contribution >= 0.6 is 0 Å². The van der Waals surface area contributed by atoms with Gasteiger partial charge in [-0.1, -0.05) is 18.2 Å². The lowest BCUT2D eigenvalue weighted by Crippen LogP contribution is -2.14. The first-order valence-corrected chi connectivity index (χ1v) is 4.25. The molecule has 1 N–H and O–H groups in total. The molecule has 5 nitrogen and oxygen atoms in total. The van der Waals surface area contributed by atoms with E-state index in [1.807, 2.05) is 24.3 Å². The van der Waals surface area contributed by atoms with Gasteiger partial charge in [-0.15, -0.1) is 0 Å². The van der Waals surface area contributed by atoms with Crippen LogP contribution in [0.3, 0.4) is 0 Å². The molecule has 0 fully saturated rings. The maximum Gasteiger partial charge on any atom is 0.363 e. The molecular weight excluding hydrogens is 180 g/mol. The molecule has 68 valence electrons. The van der Waals surface area contributed by atoms with Crippen LogP contribution in [0.2, 0.25) is 0 Å². The van der Waals surface area contributed by atoms with Gasteiger partial charge >= 0.3 is 5.69 Å². The standard InChI is InChI=1S/C9H6N4O/c14-9-11-8-7(12-13-9)5-3-1-2-4-6(5)10-8/h1-5H,(H,11,13,14). The third kappa shape index (κ3) is 0.891. The molecule has 5 heteroatoms. The third-order valence-electron chi connectivity index (χ3n) is 2.24. The Morgan fingerprint density at radius 3 is 3.21 bits per heavy atom. The number of nitrogens with zero attached hydrogens (tertiary/aromatic N) is 3. The molecule has 3 rings (SSSR count). The van der Waals surface area contributed by atoms with E-state index in [0.29, 0.717) is 5.82 Å². The molecule has 0 saturated heterocycles. The van der Waals surface area contributed by atoms with Gasteiger partial charge in [-0.2, -0.15) is 10.1 Å². The molecule has 0 aromatic carbocycles. The Labute approximate surface area is 78.9 Å². The van der Waals surface area contributed by atoms with Crippen LogP contribution in [-0.2, 0) is 0 Å². The molecule has 14 heavy (non-hydrogen) atoms. The van der Waals surface area contributed by atoms with Crippen LogP contribution in [0.1, 0.15) is 11.6 Å². The number of aromatic nitrogens is 3. The SMILES string of the molecule is O=c1nc2c(n[nH]1)C1C=CC=CC1=N2. The molecule has 1 aromatic heterocycles. The lowest BCUT2D eigenvalue weighted by molar-refractivity contribution is 0.859. The zero-order valence-electron chi connectivity index (χ0n) is 7.14. The average molecular weight is 186 g/mol. The summed E-state index contributed by atoms with van der Waals surface area (Å²) >= 11 is 0. The van der Waals surface area contributed by atoms with E-state index >= 15 is 0 Å². The van der Waals surface area contributed by atoms with Crippen LogP contribution in [-0.4, -0.2) is 20.9 Å². The smallest absolute Gasteiger partial charge is 0.244 e. The first kappa shape index (κ1) is 7.37. The Balaban J connectivity index is 2.24. The maximum atomic E-state index is 10.9. The summed E-state index contributed by atoms with van der Waals surface area (Å²) in [5.74, 6) is 0.490. The Bertz CT molecular complexity index is 538. The van der Waals surface area contributed by atoms with E-state index in [4.69, 9.17) is 0 Å². The monoisotopic (exact) mass is 186 g/mol. The van der Waals surface area contributed by atoms with Gasteiger partial charge in [0.2, 0.25) is 0 Å². The molecule has 0 saturated carbocycles. The van der Waals surface area contributed by atoms with Crippen molar-refractivity contribution in [3.8, 4) is 0 Å². The van der Waals surface area contributed by atoms with Crippen LogP contribution < -0.4 is 5.69 Å². The Kier molecular flexibility index (Phi) is 1.30. The van der Waals surface area contributed by atoms with Crippen molar-refractivity contribution >= 4 is 11.5 Å². The second-order valence-electron chi connectivity index (χ2n) is 3.11. The molecular formula is C9H6N4O. The normalized spacial score (nSPS) is 21.7. The fraction of sp³-hybridized carbons (Fsp3) is 0.111. The van der Waals surface area contributed by atoms with Gasteiger partial charge in [0.1, 0.15) is 5.69 Å². The lowest BCUT2D eigenvalue weighted by atomic mass is 9.97. The van der Waals surface area contributed by atoms with Gasteiger partial charge in [-0.3, -0.25) is 0 Å². The van der Waals surface area contributed by atoms with Crippen molar-refractivity contribution in [3.05, 3.63) is 40.5 Å². The number of hydrogen-bond acceptors (Lipinski definition) is 4. The molecule has 1 atom stereocenters. The maximum absolute atomic E-state index is 10.9. The second kappa shape index (κ2) is 2.47. The predicted molar refractivity (Wildman–Crippen MR) is 50.8 cm³/mol. The van der Waals surface area contributed by atoms with Gasteiger partial charge < -0.3 is 0 Å². The van der Waals surface area contributed by atoms with E-state index in [0.717, 1.165) is 11.4 Å². The highest BCUT2D eigenvalue weighted by atomic mass is 16.1. The van der Waals surface area contributed by atoms with Crippen molar-refractivity contribution in [2.24, 2.45) is 4.99 Å². The number of H-pyrrole nitrogens is 1. The van der Waals surface area contributed by atoms with Crippen molar-refractivity contribution < 1.29 is 0 Å². The first-order chi connectivity index (χ1) is 6.84. The predicted octanol–water partition coefficient (Wildman–Crippen LogP) is 0.461. The van der Waals surface area contributed by atoms with Gasteiger partial charge in [0, 0.05) is 0 Å². The van der Waals surface area contributed by atoms with Crippen molar-refractivity contribution in [2.45, 2.75) is 5.92 Å².